The van der Waals surface area contributed by atoms with Crippen molar-refractivity contribution in [3.8, 4) is 0 Å². The Labute approximate surface area is 166 Å². The molecule has 0 aliphatic carbocycles. The molecule has 0 atom stereocenters. The Bertz CT molecular complexity index is 813. The number of alkyl halides is 3. The molecule has 2 rings (SSSR count). The predicted octanol–water partition coefficient (Wildman–Crippen LogP) is 3.31. The van der Waals surface area contributed by atoms with Crippen molar-refractivity contribution in [1.82, 2.24) is 15.6 Å². The first-order valence-electron chi connectivity index (χ1n) is 8.54. The molecule has 0 unspecified atom stereocenters. The zero-order chi connectivity index (χ0) is 21.9. The molecular formula is C18H23F3N6O2. The Kier molecular flexibility index (Phi) is 9.26. The lowest BCUT2D eigenvalue weighted by Gasteiger charge is -2.13. The van der Waals surface area contributed by atoms with Crippen molar-refractivity contribution in [3.63, 3.8) is 0 Å². The third kappa shape index (κ3) is 8.39. The van der Waals surface area contributed by atoms with Gasteiger partial charge in [0.15, 0.2) is 0 Å². The van der Waals surface area contributed by atoms with Crippen molar-refractivity contribution in [2.24, 2.45) is 5.90 Å². The highest BCUT2D eigenvalue weighted by Gasteiger charge is 2.31. The molecule has 8 nitrogen and oxygen atoms in total. The maximum absolute atomic E-state index is 12.8. The number of rotatable bonds is 6. The van der Waals surface area contributed by atoms with E-state index in [0.29, 0.717) is 6.54 Å². The molecule has 0 saturated carbocycles. The van der Waals surface area contributed by atoms with Crippen molar-refractivity contribution in [2.45, 2.75) is 26.6 Å². The van der Waals surface area contributed by atoms with E-state index in [1.165, 1.54) is 12.3 Å². The van der Waals surface area contributed by atoms with Crippen LogP contribution < -0.4 is 27.6 Å². The molecule has 2 amide bonds. The lowest BCUT2D eigenvalue weighted by molar-refractivity contribution is -0.137. The van der Waals surface area contributed by atoms with Crippen LogP contribution in [0.25, 0.3) is 0 Å². The molecular weight excluding hydrogens is 389 g/mol. The van der Waals surface area contributed by atoms with Gasteiger partial charge in [0.25, 0.3) is 0 Å². The van der Waals surface area contributed by atoms with E-state index in [9.17, 15) is 18.0 Å². The number of carbonyl (C=O) groups is 1. The van der Waals surface area contributed by atoms with Gasteiger partial charge in [0.2, 0.25) is 5.88 Å². The number of hydrogen-bond acceptors (Lipinski definition) is 6. The van der Waals surface area contributed by atoms with E-state index in [0.717, 1.165) is 17.8 Å². The summed E-state index contributed by atoms with van der Waals surface area (Å²) in [6.45, 7) is 4.33. The van der Waals surface area contributed by atoms with E-state index < -0.39 is 17.8 Å². The Hall–Kier alpha value is -3.47. The first kappa shape index (κ1) is 23.6. The van der Waals surface area contributed by atoms with Gasteiger partial charge in [-0.2, -0.15) is 19.1 Å². The summed E-state index contributed by atoms with van der Waals surface area (Å²) >= 11 is 0. The van der Waals surface area contributed by atoms with E-state index in [2.05, 4.69) is 25.8 Å². The molecule has 0 spiro atoms. The fourth-order valence-corrected chi connectivity index (χ4v) is 2.01. The largest absolute Gasteiger partial charge is 0.416 e. The van der Waals surface area contributed by atoms with E-state index in [-0.39, 0.29) is 17.3 Å². The summed E-state index contributed by atoms with van der Waals surface area (Å²) in [6.07, 6.45) is -1.70. The number of aromatic nitrogens is 1. The van der Waals surface area contributed by atoms with Crippen LogP contribution in [0, 0.1) is 0 Å². The Morgan fingerprint density at radius 2 is 1.97 bits per heavy atom. The molecule has 1 aromatic carbocycles. The Morgan fingerprint density at radius 3 is 2.55 bits per heavy atom. The molecule has 0 aliphatic rings. The minimum Gasteiger partial charge on any atom is -0.399 e. The van der Waals surface area contributed by atoms with E-state index in [1.54, 1.807) is 24.4 Å². The van der Waals surface area contributed by atoms with Gasteiger partial charge >= 0.3 is 12.2 Å². The fourth-order valence-electron chi connectivity index (χ4n) is 2.01. The zero-order valence-electron chi connectivity index (χ0n) is 15.9. The van der Waals surface area contributed by atoms with Crippen molar-refractivity contribution >= 4 is 17.4 Å². The van der Waals surface area contributed by atoms with Crippen LogP contribution in [-0.2, 0) is 17.6 Å². The van der Waals surface area contributed by atoms with Crippen molar-refractivity contribution < 1.29 is 22.8 Å². The fraction of sp³-hybridized carbons (Fsp3) is 0.222. The summed E-state index contributed by atoms with van der Waals surface area (Å²) in [5.41, 5.74) is 4.89. The number of benzene rings is 1. The topological polar surface area (TPSA) is 127 Å². The lowest BCUT2D eigenvalue weighted by atomic mass is 10.1. The van der Waals surface area contributed by atoms with Crippen molar-refractivity contribution in [1.29, 1.82) is 0 Å². The number of halogens is 3. The number of nitrogens with one attached hydrogen (secondary N) is 3. The third-order valence-corrected chi connectivity index (χ3v) is 3.15. The van der Waals surface area contributed by atoms with Gasteiger partial charge in [-0.25, -0.2) is 4.79 Å². The van der Waals surface area contributed by atoms with Crippen molar-refractivity contribution in [2.75, 3.05) is 11.1 Å². The van der Waals surface area contributed by atoms with E-state index in [1.807, 2.05) is 13.8 Å². The van der Waals surface area contributed by atoms with Crippen LogP contribution in [0.15, 0.2) is 54.7 Å². The highest BCUT2D eigenvalue weighted by Crippen LogP contribution is 2.32. The van der Waals surface area contributed by atoms with E-state index in [4.69, 9.17) is 11.6 Å². The summed E-state index contributed by atoms with van der Waals surface area (Å²) in [4.78, 5) is 20.5. The molecule has 1 heterocycles. The number of pyridine rings is 1. The quantitative estimate of drug-likeness (QED) is 0.281. The first-order valence-corrected chi connectivity index (χ1v) is 8.54. The molecule has 2 aromatic rings. The van der Waals surface area contributed by atoms with E-state index >= 15 is 0 Å². The maximum atomic E-state index is 12.8. The van der Waals surface area contributed by atoms with Gasteiger partial charge in [0.05, 0.1) is 24.0 Å². The Morgan fingerprint density at radius 1 is 1.24 bits per heavy atom. The third-order valence-electron chi connectivity index (χ3n) is 3.15. The number of nitrogens with zero attached hydrogens (tertiary/aromatic N) is 1. The summed E-state index contributed by atoms with van der Waals surface area (Å²) in [5.74, 6) is 4.90. The van der Waals surface area contributed by atoms with Gasteiger partial charge in [-0.1, -0.05) is 19.9 Å². The van der Waals surface area contributed by atoms with Crippen LogP contribution in [0.4, 0.5) is 29.3 Å². The summed E-state index contributed by atoms with van der Waals surface area (Å²) in [6, 6.07) is 7.18. The highest BCUT2D eigenvalue weighted by atomic mass is 19.4. The Balaban J connectivity index is 0.00000204. The summed E-state index contributed by atoms with van der Waals surface area (Å²) in [5, 5.41) is 7.28. The average Bonchev–Trinajstić information content (AvgIpc) is 2.68. The van der Waals surface area contributed by atoms with Crippen LogP contribution in [0.5, 0.6) is 0 Å². The van der Waals surface area contributed by atoms with Crippen LogP contribution in [0.1, 0.15) is 25.1 Å². The first-order chi connectivity index (χ1) is 13.8. The van der Waals surface area contributed by atoms with Gasteiger partial charge in [0, 0.05) is 17.6 Å². The number of nitrogens with two attached hydrogens (primary N) is 2. The molecule has 0 aliphatic heterocycles. The standard InChI is InChI=1S/C16H17F3N6O2.C2H6/c17-16(18,19)10-5-11(20)7-13(6-10)24-15(26)25-14(27-21)9-22-8-12-3-1-2-4-23-12;1-2/h1-7,9,22H,8,20-21H2,(H2,24,25,26);1-2H3/b14-9-;. The second kappa shape index (κ2) is 11.4. The van der Waals surface area contributed by atoms with Crippen LogP contribution in [0.3, 0.4) is 0 Å². The molecule has 0 fully saturated rings. The molecule has 1 aromatic heterocycles. The van der Waals surface area contributed by atoms with Crippen LogP contribution in [-0.4, -0.2) is 11.0 Å². The monoisotopic (exact) mass is 412 g/mol. The number of nitrogen functional groups attached to an aromatic ring is 1. The maximum Gasteiger partial charge on any atom is 0.416 e. The summed E-state index contributed by atoms with van der Waals surface area (Å²) < 4.78 is 38.4. The lowest BCUT2D eigenvalue weighted by Crippen LogP contribution is -2.31. The minimum absolute atomic E-state index is 0.141. The van der Waals surface area contributed by atoms with Gasteiger partial charge in [-0.15, -0.1) is 0 Å². The average molecular weight is 412 g/mol. The number of hydrogen-bond donors (Lipinski definition) is 5. The predicted molar refractivity (Wildman–Crippen MR) is 104 cm³/mol. The second-order valence-electron chi connectivity index (χ2n) is 5.25. The van der Waals surface area contributed by atoms with Gasteiger partial charge in [-0.05, 0) is 30.3 Å². The van der Waals surface area contributed by atoms with Gasteiger partial charge in [-0.3, -0.25) is 10.3 Å². The molecule has 29 heavy (non-hydrogen) atoms. The smallest absolute Gasteiger partial charge is 0.399 e. The summed E-state index contributed by atoms with van der Waals surface area (Å²) in [7, 11) is 0. The normalized spacial score (nSPS) is 11.0. The van der Waals surface area contributed by atoms with Gasteiger partial charge in [0.1, 0.15) is 0 Å². The van der Waals surface area contributed by atoms with Crippen LogP contribution in [0.2, 0.25) is 0 Å². The molecule has 11 heteroatoms. The highest BCUT2D eigenvalue weighted by molar-refractivity contribution is 5.90. The second-order valence-corrected chi connectivity index (χ2v) is 5.25. The molecule has 0 bridgehead atoms. The zero-order valence-corrected chi connectivity index (χ0v) is 15.9. The number of urea groups is 1. The van der Waals surface area contributed by atoms with Crippen molar-refractivity contribution in [3.05, 3.63) is 65.9 Å². The SMILES string of the molecule is CC.NO/C(=C\NCc1ccccn1)NC(=O)Nc1cc(N)cc(C(F)(F)F)c1. The molecule has 7 N–H and O–H groups in total. The molecule has 0 radical (unpaired) electrons. The van der Waals surface area contributed by atoms with Crippen LogP contribution >= 0.6 is 0 Å². The minimum atomic E-state index is -4.59. The molecule has 0 saturated heterocycles. The number of anilines is 2. The molecule has 158 valence electrons. The number of amides is 2. The van der Waals surface area contributed by atoms with Gasteiger partial charge < -0.3 is 21.2 Å². The number of carbonyl (C=O) groups excluding carboxylic acids is 1.